The van der Waals surface area contributed by atoms with Crippen LogP contribution in [0.15, 0.2) is 57.8 Å². The maximum atomic E-state index is 12.1. The van der Waals surface area contributed by atoms with Crippen molar-refractivity contribution in [2.75, 3.05) is 17.7 Å². The van der Waals surface area contributed by atoms with E-state index in [0.717, 1.165) is 17.5 Å². The summed E-state index contributed by atoms with van der Waals surface area (Å²) >= 11 is 1.10. The summed E-state index contributed by atoms with van der Waals surface area (Å²) in [6, 6.07) is 13.7. The quantitative estimate of drug-likeness (QED) is 0.867. The molecule has 1 amide bonds. The highest BCUT2D eigenvalue weighted by molar-refractivity contribution is 8.16. The number of nitrogens with one attached hydrogen (secondary N) is 1. The van der Waals surface area contributed by atoms with Crippen LogP contribution in [0.1, 0.15) is 12.5 Å². The number of carbonyl (C=O) groups is 1. The molecule has 1 heterocycles. The zero-order chi connectivity index (χ0) is 17.9. The molecule has 1 aliphatic rings. The van der Waals surface area contributed by atoms with Crippen LogP contribution in [0.4, 0.5) is 5.69 Å². The molecule has 2 aromatic carbocycles. The fourth-order valence-electron chi connectivity index (χ4n) is 2.31. The molecule has 0 fully saturated rings. The summed E-state index contributed by atoms with van der Waals surface area (Å²) in [5, 5.41) is 3.10. The highest BCUT2D eigenvalue weighted by Crippen LogP contribution is 2.30. The molecule has 0 unspecified atom stereocenters. The molecule has 0 spiro atoms. The number of benzene rings is 2. The van der Waals surface area contributed by atoms with E-state index in [0.29, 0.717) is 22.9 Å². The summed E-state index contributed by atoms with van der Waals surface area (Å²) in [7, 11) is -3.65. The average Bonchev–Trinajstić information content (AvgIpc) is 2.86. The van der Waals surface area contributed by atoms with E-state index in [2.05, 4.69) is 9.71 Å². The van der Waals surface area contributed by atoms with Gasteiger partial charge in [0.05, 0.1) is 17.3 Å². The van der Waals surface area contributed by atoms with Crippen LogP contribution in [0.3, 0.4) is 0 Å². The average molecular weight is 376 g/mol. The number of thioether (sulfide) groups is 1. The van der Waals surface area contributed by atoms with Crippen LogP contribution in [0.25, 0.3) is 0 Å². The van der Waals surface area contributed by atoms with E-state index in [9.17, 15) is 13.2 Å². The number of amides is 1. The standard InChI is InChI=1S/C17H16N2O4S2/c1-2-23-13-9-7-12(8-10-13)18-16(20)11-24-17-14-5-3-4-6-15(14)25(21,22)19-17/h3-10H,2,11H2,1H3,(H,18,20). The molecule has 0 saturated carbocycles. The number of sulfonamides is 1. The van der Waals surface area contributed by atoms with Crippen molar-refractivity contribution in [1.82, 2.24) is 0 Å². The summed E-state index contributed by atoms with van der Waals surface area (Å²) in [5.41, 5.74) is 1.19. The highest BCUT2D eigenvalue weighted by atomic mass is 32.2. The lowest BCUT2D eigenvalue weighted by atomic mass is 10.2. The van der Waals surface area contributed by atoms with E-state index < -0.39 is 10.0 Å². The lowest BCUT2D eigenvalue weighted by Gasteiger charge is -2.07. The topological polar surface area (TPSA) is 84.8 Å². The number of fused-ring (bicyclic) bond motifs is 1. The zero-order valence-electron chi connectivity index (χ0n) is 13.4. The number of anilines is 1. The highest BCUT2D eigenvalue weighted by Gasteiger charge is 2.28. The van der Waals surface area contributed by atoms with Gasteiger partial charge in [-0.2, -0.15) is 12.8 Å². The van der Waals surface area contributed by atoms with E-state index in [1.165, 1.54) is 6.07 Å². The Kier molecular flexibility index (Phi) is 5.10. The normalized spacial score (nSPS) is 14.5. The lowest BCUT2D eigenvalue weighted by molar-refractivity contribution is -0.113. The zero-order valence-corrected chi connectivity index (χ0v) is 15.1. The van der Waals surface area contributed by atoms with Crippen molar-refractivity contribution in [2.45, 2.75) is 11.8 Å². The van der Waals surface area contributed by atoms with Crippen LogP contribution in [0.5, 0.6) is 5.75 Å². The molecular formula is C17H16N2O4S2. The van der Waals surface area contributed by atoms with Crippen LogP contribution >= 0.6 is 11.8 Å². The van der Waals surface area contributed by atoms with Gasteiger partial charge in [-0.1, -0.05) is 30.0 Å². The van der Waals surface area contributed by atoms with Crippen molar-refractivity contribution >= 4 is 38.4 Å². The fourth-order valence-corrected chi connectivity index (χ4v) is 4.66. The molecule has 130 valence electrons. The van der Waals surface area contributed by atoms with Crippen molar-refractivity contribution < 1.29 is 17.9 Å². The Balaban J connectivity index is 1.61. The molecule has 0 aliphatic carbocycles. The number of nitrogens with zero attached hydrogens (tertiary/aromatic N) is 1. The minimum absolute atomic E-state index is 0.0654. The lowest BCUT2D eigenvalue weighted by Crippen LogP contribution is -2.15. The summed E-state index contributed by atoms with van der Waals surface area (Å²) in [5.74, 6) is 0.561. The minimum atomic E-state index is -3.65. The first kappa shape index (κ1) is 17.5. The Morgan fingerprint density at radius 2 is 1.88 bits per heavy atom. The Morgan fingerprint density at radius 1 is 1.16 bits per heavy atom. The first-order valence-electron chi connectivity index (χ1n) is 7.59. The van der Waals surface area contributed by atoms with Crippen molar-refractivity contribution in [3.63, 3.8) is 0 Å². The number of ether oxygens (including phenoxy) is 1. The van der Waals surface area contributed by atoms with E-state index >= 15 is 0 Å². The summed E-state index contributed by atoms with van der Waals surface area (Å²) < 4.78 is 33.0. The van der Waals surface area contributed by atoms with E-state index in [1.807, 2.05) is 6.92 Å². The monoisotopic (exact) mass is 376 g/mol. The fraction of sp³-hybridized carbons (Fsp3) is 0.176. The molecule has 1 aliphatic heterocycles. The van der Waals surface area contributed by atoms with Gasteiger partial charge in [-0.05, 0) is 37.3 Å². The summed E-state index contributed by atoms with van der Waals surface area (Å²) in [6.45, 7) is 2.48. The number of hydrogen-bond donors (Lipinski definition) is 1. The third kappa shape index (κ3) is 4.02. The molecule has 8 heteroatoms. The molecule has 0 saturated heterocycles. The van der Waals surface area contributed by atoms with Gasteiger partial charge < -0.3 is 10.1 Å². The van der Waals surface area contributed by atoms with Gasteiger partial charge in [-0.3, -0.25) is 4.79 Å². The van der Waals surface area contributed by atoms with Crippen molar-refractivity contribution in [3.8, 4) is 5.75 Å². The van der Waals surface area contributed by atoms with Crippen LogP contribution in [-0.4, -0.2) is 31.7 Å². The van der Waals surface area contributed by atoms with E-state index in [-0.39, 0.29) is 16.6 Å². The van der Waals surface area contributed by atoms with Crippen molar-refractivity contribution in [2.24, 2.45) is 4.40 Å². The van der Waals surface area contributed by atoms with Gasteiger partial charge in [0.1, 0.15) is 10.8 Å². The molecule has 2 aromatic rings. The van der Waals surface area contributed by atoms with Crippen LogP contribution in [0.2, 0.25) is 0 Å². The second-order valence-electron chi connectivity index (χ2n) is 5.16. The van der Waals surface area contributed by atoms with Gasteiger partial charge in [0.2, 0.25) is 5.91 Å². The number of carbonyl (C=O) groups excluding carboxylic acids is 1. The summed E-state index contributed by atoms with van der Waals surface area (Å²) in [6.07, 6.45) is 0. The molecular weight excluding hydrogens is 360 g/mol. The maximum Gasteiger partial charge on any atom is 0.284 e. The second-order valence-corrected chi connectivity index (χ2v) is 7.70. The molecule has 0 radical (unpaired) electrons. The van der Waals surface area contributed by atoms with Crippen LogP contribution in [-0.2, 0) is 14.8 Å². The van der Waals surface area contributed by atoms with Gasteiger partial charge in [0.15, 0.2) is 0 Å². The number of rotatable bonds is 5. The van der Waals surface area contributed by atoms with Crippen molar-refractivity contribution in [3.05, 3.63) is 54.1 Å². The molecule has 0 atom stereocenters. The van der Waals surface area contributed by atoms with E-state index in [1.54, 1.807) is 42.5 Å². The van der Waals surface area contributed by atoms with Gasteiger partial charge in [0, 0.05) is 11.3 Å². The molecule has 1 N–H and O–H groups in total. The Morgan fingerprint density at radius 3 is 2.60 bits per heavy atom. The minimum Gasteiger partial charge on any atom is -0.494 e. The molecule has 0 bridgehead atoms. The second kappa shape index (κ2) is 7.28. The SMILES string of the molecule is CCOc1ccc(NC(=O)CSC2=NS(=O)(=O)c3ccccc32)cc1. The molecule has 0 aromatic heterocycles. The molecule has 25 heavy (non-hydrogen) atoms. The molecule has 3 rings (SSSR count). The summed E-state index contributed by atoms with van der Waals surface area (Å²) in [4.78, 5) is 12.3. The van der Waals surface area contributed by atoms with Gasteiger partial charge in [-0.25, -0.2) is 0 Å². The van der Waals surface area contributed by atoms with Crippen LogP contribution in [0, 0.1) is 0 Å². The number of hydrogen-bond acceptors (Lipinski definition) is 5. The first-order chi connectivity index (χ1) is 12.0. The largest absolute Gasteiger partial charge is 0.494 e. The van der Waals surface area contributed by atoms with Gasteiger partial charge in [-0.15, -0.1) is 0 Å². The molecule has 6 nitrogen and oxygen atoms in total. The third-order valence-electron chi connectivity index (χ3n) is 3.39. The van der Waals surface area contributed by atoms with E-state index in [4.69, 9.17) is 4.74 Å². The van der Waals surface area contributed by atoms with Gasteiger partial charge >= 0.3 is 0 Å². The third-order valence-corrected chi connectivity index (χ3v) is 5.83. The Bertz CT molecular complexity index is 922. The first-order valence-corrected chi connectivity index (χ1v) is 10.0. The van der Waals surface area contributed by atoms with Crippen molar-refractivity contribution in [1.29, 1.82) is 0 Å². The predicted octanol–water partition coefficient (Wildman–Crippen LogP) is 2.91. The maximum absolute atomic E-state index is 12.1. The Hall–Kier alpha value is -2.32. The van der Waals surface area contributed by atoms with Gasteiger partial charge in [0.25, 0.3) is 10.0 Å². The van der Waals surface area contributed by atoms with Crippen LogP contribution < -0.4 is 10.1 Å². The predicted molar refractivity (Wildman–Crippen MR) is 98.9 cm³/mol. The Labute approximate surface area is 150 Å². The smallest absolute Gasteiger partial charge is 0.284 e.